The van der Waals surface area contributed by atoms with Crippen LogP contribution < -0.4 is 0 Å². The summed E-state index contributed by atoms with van der Waals surface area (Å²) in [5.74, 6) is -0.340. The van der Waals surface area contributed by atoms with Crippen molar-refractivity contribution in [2.75, 3.05) is 0 Å². The summed E-state index contributed by atoms with van der Waals surface area (Å²) in [5, 5.41) is 12.1. The zero-order chi connectivity index (χ0) is 12.4. The van der Waals surface area contributed by atoms with Gasteiger partial charge in [-0.25, -0.2) is 4.39 Å². The molecule has 0 aliphatic heterocycles. The Morgan fingerprint density at radius 1 is 1.24 bits per heavy atom. The second-order valence-electron chi connectivity index (χ2n) is 3.58. The lowest BCUT2D eigenvalue weighted by atomic mass is 10.1. The number of aliphatic hydroxyl groups is 1. The zero-order valence-corrected chi connectivity index (χ0v) is 12.6. The van der Waals surface area contributed by atoms with Crippen molar-refractivity contribution in [1.82, 2.24) is 0 Å². The number of hydrogen-bond donors (Lipinski definition) is 1. The molecule has 0 saturated carbocycles. The summed E-state index contributed by atoms with van der Waals surface area (Å²) in [6.07, 6.45) is -0.240. The molecule has 1 N–H and O–H groups in total. The Kier molecular flexibility index (Phi) is 4.36. The molecule has 1 aromatic carbocycles. The van der Waals surface area contributed by atoms with Gasteiger partial charge in [0.2, 0.25) is 0 Å². The average Bonchev–Trinajstić information content (AvgIpc) is 2.68. The van der Waals surface area contributed by atoms with E-state index in [2.05, 4.69) is 31.9 Å². The predicted octanol–water partition coefficient (Wildman–Crippen LogP) is 4.69. The summed E-state index contributed by atoms with van der Waals surface area (Å²) in [6, 6.07) is 6.27. The highest BCUT2D eigenvalue weighted by atomic mass is 79.9. The number of benzene rings is 1. The molecule has 1 atom stereocenters. The van der Waals surface area contributed by atoms with E-state index in [1.807, 2.05) is 11.4 Å². The van der Waals surface area contributed by atoms with Gasteiger partial charge in [-0.1, -0.05) is 15.9 Å². The lowest BCUT2D eigenvalue weighted by molar-refractivity contribution is 0.178. The summed E-state index contributed by atoms with van der Waals surface area (Å²) in [5.41, 5.74) is 0.574. The smallest absolute Gasteiger partial charge is 0.123 e. The Morgan fingerprint density at radius 3 is 2.65 bits per heavy atom. The molecule has 0 amide bonds. The molecule has 0 bridgehead atoms. The van der Waals surface area contributed by atoms with Gasteiger partial charge in [0.25, 0.3) is 0 Å². The fraction of sp³-hybridized carbons (Fsp3) is 0.167. The van der Waals surface area contributed by atoms with Gasteiger partial charge in [0.1, 0.15) is 5.82 Å². The van der Waals surface area contributed by atoms with Crippen LogP contribution in [0.5, 0.6) is 0 Å². The van der Waals surface area contributed by atoms with Crippen LogP contribution in [-0.2, 0) is 6.42 Å². The molecule has 0 aliphatic carbocycles. The molecule has 1 heterocycles. The second-order valence-corrected chi connectivity index (χ2v) is 6.29. The first-order valence-electron chi connectivity index (χ1n) is 4.93. The van der Waals surface area contributed by atoms with Gasteiger partial charge in [0.05, 0.1) is 6.10 Å². The summed E-state index contributed by atoms with van der Waals surface area (Å²) in [4.78, 5) is 1.05. The Balaban J connectivity index is 2.23. The lowest BCUT2D eigenvalue weighted by Crippen LogP contribution is -2.02. The van der Waals surface area contributed by atoms with E-state index in [-0.39, 0.29) is 5.82 Å². The van der Waals surface area contributed by atoms with Gasteiger partial charge in [-0.3, -0.25) is 0 Å². The number of hydrogen-bond acceptors (Lipinski definition) is 2. The van der Waals surface area contributed by atoms with Gasteiger partial charge in [-0.2, -0.15) is 0 Å². The van der Waals surface area contributed by atoms with E-state index >= 15 is 0 Å². The summed E-state index contributed by atoms with van der Waals surface area (Å²) in [6.45, 7) is 0. The van der Waals surface area contributed by atoms with E-state index in [9.17, 15) is 9.50 Å². The first-order chi connectivity index (χ1) is 8.08. The molecule has 17 heavy (non-hydrogen) atoms. The third-order valence-electron chi connectivity index (χ3n) is 2.39. The quantitative estimate of drug-likeness (QED) is 0.820. The lowest BCUT2D eigenvalue weighted by Gasteiger charge is -2.12. The number of halogens is 3. The van der Waals surface area contributed by atoms with E-state index < -0.39 is 6.10 Å². The summed E-state index contributed by atoms with van der Waals surface area (Å²) < 4.78 is 14.8. The fourth-order valence-corrected chi connectivity index (χ4v) is 3.59. The van der Waals surface area contributed by atoms with Crippen LogP contribution in [0.1, 0.15) is 16.5 Å². The van der Waals surface area contributed by atoms with Crippen LogP contribution in [-0.4, -0.2) is 5.11 Å². The largest absolute Gasteiger partial charge is 0.388 e. The Labute approximate surface area is 120 Å². The highest BCUT2D eigenvalue weighted by molar-refractivity contribution is 9.10. The minimum absolute atomic E-state index is 0.340. The molecule has 1 unspecified atom stereocenters. The number of aliphatic hydroxyl groups excluding tert-OH is 1. The zero-order valence-electron chi connectivity index (χ0n) is 8.66. The molecule has 0 aliphatic rings. The maximum atomic E-state index is 13.1. The first kappa shape index (κ1) is 13.2. The van der Waals surface area contributed by atoms with Crippen LogP contribution in [0.15, 0.2) is 38.6 Å². The minimum Gasteiger partial charge on any atom is -0.388 e. The third kappa shape index (κ3) is 3.16. The van der Waals surface area contributed by atoms with Crippen LogP contribution in [0.25, 0.3) is 0 Å². The van der Waals surface area contributed by atoms with E-state index in [0.717, 1.165) is 13.8 Å². The van der Waals surface area contributed by atoms with E-state index in [1.165, 1.54) is 12.1 Å². The van der Waals surface area contributed by atoms with Gasteiger partial charge in [-0.05, 0) is 51.1 Å². The van der Waals surface area contributed by atoms with Crippen molar-refractivity contribution in [2.24, 2.45) is 0 Å². The highest BCUT2D eigenvalue weighted by Gasteiger charge is 2.15. The van der Waals surface area contributed by atoms with Crippen molar-refractivity contribution in [3.8, 4) is 0 Å². The molecular formula is C12H9Br2FOS. The van der Waals surface area contributed by atoms with Crippen LogP contribution in [0.2, 0.25) is 0 Å². The third-order valence-corrected chi connectivity index (χ3v) is 5.06. The second kappa shape index (κ2) is 5.61. The standard InChI is InChI=1S/C12H9Br2FOS/c13-9-2-1-7(15)5-8(9)11(16)6-12-10(14)3-4-17-12/h1-5,11,16H,6H2. The van der Waals surface area contributed by atoms with E-state index in [4.69, 9.17) is 0 Å². The molecule has 90 valence electrons. The molecule has 5 heteroatoms. The molecule has 0 spiro atoms. The van der Waals surface area contributed by atoms with Gasteiger partial charge in [0, 0.05) is 20.2 Å². The normalized spacial score (nSPS) is 12.7. The Bertz CT molecular complexity index is 527. The molecular weight excluding hydrogens is 371 g/mol. The van der Waals surface area contributed by atoms with Crippen molar-refractivity contribution in [3.05, 3.63) is 54.8 Å². The van der Waals surface area contributed by atoms with Gasteiger partial charge in [-0.15, -0.1) is 11.3 Å². The summed E-state index contributed by atoms with van der Waals surface area (Å²) >= 11 is 8.30. The van der Waals surface area contributed by atoms with Crippen LogP contribution in [0.4, 0.5) is 4.39 Å². The van der Waals surface area contributed by atoms with Crippen molar-refractivity contribution in [3.63, 3.8) is 0 Å². The topological polar surface area (TPSA) is 20.2 Å². The van der Waals surface area contributed by atoms with Gasteiger partial charge >= 0.3 is 0 Å². The molecule has 0 radical (unpaired) electrons. The highest BCUT2D eigenvalue weighted by Crippen LogP contribution is 2.31. The molecule has 1 nitrogen and oxygen atoms in total. The molecule has 0 fully saturated rings. The monoisotopic (exact) mass is 378 g/mol. The van der Waals surface area contributed by atoms with Crippen LogP contribution >= 0.6 is 43.2 Å². The Morgan fingerprint density at radius 2 is 2.00 bits per heavy atom. The maximum Gasteiger partial charge on any atom is 0.123 e. The minimum atomic E-state index is -0.713. The van der Waals surface area contributed by atoms with Crippen molar-refractivity contribution < 1.29 is 9.50 Å². The fourth-order valence-electron chi connectivity index (χ4n) is 1.53. The van der Waals surface area contributed by atoms with Gasteiger partial charge < -0.3 is 5.11 Å². The number of rotatable bonds is 3. The summed E-state index contributed by atoms with van der Waals surface area (Å²) in [7, 11) is 0. The van der Waals surface area contributed by atoms with Crippen LogP contribution in [0, 0.1) is 5.82 Å². The van der Waals surface area contributed by atoms with Crippen LogP contribution in [0.3, 0.4) is 0 Å². The SMILES string of the molecule is OC(Cc1sccc1Br)c1cc(F)ccc1Br. The first-order valence-corrected chi connectivity index (χ1v) is 7.39. The number of thiophene rings is 1. The van der Waals surface area contributed by atoms with Crippen molar-refractivity contribution >= 4 is 43.2 Å². The maximum absolute atomic E-state index is 13.1. The molecule has 0 saturated heterocycles. The van der Waals surface area contributed by atoms with Gasteiger partial charge in [0.15, 0.2) is 0 Å². The molecule has 2 rings (SSSR count). The van der Waals surface area contributed by atoms with Crippen molar-refractivity contribution in [1.29, 1.82) is 0 Å². The predicted molar refractivity (Wildman–Crippen MR) is 74.8 cm³/mol. The molecule has 2 aromatic rings. The van der Waals surface area contributed by atoms with Crippen molar-refractivity contribution in [2.45, 2.75) is 12.5 Å². The average molecular weight is 380 g/mol. The van der Waals surface area contributed by atoms with E-state index in [1.54, 1.807) is 17.4 Å². The Hall–Kier alpha value is -0.230. The van der Waals surface area contributed by atoms with E-state index in [0.29, 0.717) is 12.0 Å². The molecule has 1 aromatic heterocycles.